The second-order valence-electron chi connectivity index (χ2n) is 7.17. The van der Waals surface area contributed by atoms with Crippen LogP contribution in [0.15, 0.2) is 48.8 Å². The maximum atomic E-state index is 12.0. The maximum Gasteiger partial charge on any atom is 0.251 e. The van der Waals surface area contributed by atoms with Crippen molar-refractivity contribution in [1.82, 2.24) is 35.0 Å². The Balaban J connectivity index is 1.59. The number of amides is 1. The molecule has 0 aliphatic heterocycles. The summed E-state index contributed by atoms with van der Waals surface area (Å²) < 4.78 is 7.35. The second-order valence-corrected chi connectivity index (χ2v) is 7.17. The molecule has 0 atom stereocenters. The van der Waals surface area contributed by atoms with E-state index < -0.39 is 0 Å². The van der Waals surface area contributed by atoms with Crippen molar-refractivity contribution >= 4 is 27.8 Å². The molecule has 2 aromatic carbocycles. The van der Waals surface area contributed by atoms with Crippen LogP contribution in [-0.4, -0.2) is 56.4 Å². The van der Waals surface area contributed by atoms with Crippen LogP contribution < -0.4 is 5.32 Å². The highest BCUT2D eigenvalue weighted by Gasteiger charge is 2.17. The van der Waals surface area contributed by atoms with Crippen molar-refractivity contribution in [3.8, 4) is 22.9 Å². The Hall–Kier alpha value is -3.98. The highest BCUT2D eigenvalue weighted by atomic mass is 16.5. The van der Waals surface area contributed by atoms with Crippen LogP contribution in [0.5, 0.6) is 0 Å². The molecule has 3 N–H and O–H groups in total. The molecule has 0 bridgehead atoms. The Bertz CT molecular complexity index is 1400. The summed E-state index contributed by atoms with van der Waals surface area (Å²) in [6.07, 6.45) is 3.63. The first-order valence-electron chi connectivity index (χ1n) is 9.88. The summed E-state index contributed by atoms with van der Waals surface area (Å²) in [5, 5.41) is 10.7. The Kier molecular flexibility index (Phi) is 4.72. The van der Waals surface area contributed by atoms with Crippen molar-refractivity contribution in [3.63, 3.8) is 0 Å². The molecule has 0 spiro atoms. The molecule has 0 radical (unpaired) electrons. The number of nitrogens with one attached hydrogen (secondary N) is 3. The molecule has 0 fully saturated rings. The first-order chi connectivity index (χ1) is 15.2. The summed E-state index contributed by atoms with van der Waals surface area (Å²) in [6, 6.07) is 11.5. The van der Waals surface area contributed by atoms with Gasteiger partial charge in [0, 0.05) is 43.4 Å². The number of rotatable bonds is 6. The van der Waals surface area contributed by atoms with Gasteiger partial charge in [-0.15, -0.1) is 0 Å². The highest BCUT2D eigenvalue weighted by Crippen LogP contribution is 2.27. The number of imidazole rings is 2. The predicted octanol–water partition coefficient (Wildman–Crippen LogP) is 2.98. The Morgan fingerprint density at radius 1 is 1.19 bits per heavy atom. The van der Waals surface area contributed by atoms with Crippen molar-refractivity contribution in [2.45, 2.75) is 6.54 Å². The minimum absolute atomic E-state index is 0.147. The number of nitrogens with zero attached hydrogens (tertiary/aromatic N) is 4. The van der Waals surface area contributed by atoms with Crippen molar-refractivity contribution in [3.05, 3.63) is 54.4 Å². The number of ether oxygens (including phenoxy) is 1. The first kappa shape index (κ1) is 19.0. The van der Waals surface area contributed by atoms with E-state index in [1.807, 2.05) is 30.5 Å². The molecule has 0 saturated heterocycles. The summed E-state index contributed by atoms with van der Waals surface area (Å²) in [5.41, 5.74) is 4.87. The van der Waals surface area contributed by atoms with Gasteiger partial charge >= 0.3 is 0 Å². The number of carbonyl (C=O) groups excluding carboxylic acids is 1. The number of aromatic amines is 2. The lowest BCUT2D eigenvalue weighted by atomic mass is 10.1. The lowest BCUT2D eigenvalue weighted by molar-refractivity contribution is 0.0963. The van der Waals surface area contributed by atoms with Crippen LogP contribution in [0.3, 0.4) is 0 Å². The fourth-order valence-electron chi connectivity index (χ4n) is 3.69. The standard InChI is InChI=1S/C22H21N7O2/c1-23-22(30)14-4-6-19-17(10-14)27-21(29(19)7-8-31-2)18-12-24-20(26-18)13-3-5-16-15(9-13)11-25-28-16/h3-6,9-12H,7-8H2,1-2H3,(H,23,30)(H,24,26)(H,25,28). The van der Waals surface area contributed by atoms with Gasteiger partial charge in [-0.25, -0.2) is 9.97 Å². The fraction of sp³-hybridized carbons (Fsp3) is 0.182. The molecule has 9 nitrogen and oxygen atoms in total. The van der Waals surface area contributed by atoms with Crippen molar-refractivity contribution in [2.24, 2.45) is 0 Å². The van der Waals surface area contributed by atoms with E-state index in [1.165, 1.54) is 0 Å². The van der Waals surface area contributed by atoms with Gasteiger partial charge in [0.05, 0.1) is 29.4 Å². The molecule has 0 aliphatic rings. The molecule has 31 heavy (non-hydrogen) atoms. The van der Waals surface area contributed by atoms with Crippen LogP contribution in [0.25, 0.3) is 44.8 Å². The second kappa shape index (κ2) is 7.69. The molecular formula is C22H21N7O2. The molecule has 9 heteroatoms. The average molecular weight is 415 g/mol. The molecule has 3 heterocycles. The summed E-state index contributed by atoms with van der Waals surface area (Å²) in [6.45, 7) is 1.15. The van der Waals surface area contributed by atoms with Gasteiger partial charge in [0.15, 0.2) is 5.82 Å². The van der Waals surface area contributed by atoms with Crippen LogP contribution in [0, 0.1) is 0 Å². The van der Waals surface area contributed by atoms with Crippen LogP contribution in [0.2, 0.25) is 0 Å². The lowest BCUT2D eigenvalue weighted by Crippen LogP contribution is -2.17. The third-order valence-electron chi connectivity index (χ3n) is 5.28. The zero-order valence-corrected chi connectivity index (χ0v) is 17.1. The number of hydrogen-bond donors (Lipinski definition) is 3. The summed E-state index contributed by atoms with van der Waals surface area (Å²) in [4.78, 5) is 24.9. The zero-order valence-electron chi connectivity index (χ0n) is 17.1. The summed E-state index contributed by atoms with van der Waals surface area (Å²) in [7, 11) is 3.28. The predicted molar refractivity (Wildman–Crippen MR) is 118 cm³/mol. The molecule has 0 saturated carbocycles. The van der Waals surface area contributed by atoms with E-state index in [0.717, 1.165) is 39.0 Å². The monoisotopic (exact) mass is 415 g/mol. The number of H-pyrrole nitrogens is 2. The smallest absolute Gasteiger partial charge is 0.251 e. The van der Waals surface area contributed by atoms with Gasteiger partial charge in [-0.05, 0) is 36.4 Å². The average Bonchev–Trinajstić information content (AvgIpc) is 3.54. The van der Waals surface area contributed by atoms with E-state index in [9.17, 15) is 4.79 Å². The zero-order chi connectivity index (χ0) is 21.4. The van der Waals surface area contributed by atoms with Gasteiger partial charge in [0.25, 0.3) is 5.91 Å². The third kappa shape index (κ3) is 3.34. The summed E-state index contributed by atoms with van der Waals surface area (Å²) >= 11 is 0. The number of fused-ring (bicyclic) bond motifs is 2. The van der Waals surface area contributed by atoms with E-state index in [4.69, 9.17) is 14.7 Å². The molecular weight excluding hydrogens is 394 g/mol. The Morgan fingerprint density at radius 2 is 2.10 bits per heavy atom. The minimum Gasteiger partial charge on any atom is -0.383 e. The van der Waals surface area contributed by atoms with E-state index in [0.29, 0.717) is 24.5 Å². The fourth-order valence-corrected chi connectivity index (χ4v) is 3.69. The molecule has 1 amide bonds. The number of hydrogen-bond acceptors (Lipinski definition) is 5. The van der Waals surface area contributed by atoms with Crippen LogP contribution in [0.1, 0.15) is 10.4 Å². The van der Waals surface area contributed by atoms with Gasteiger partial charge in [0.1, 0.15) is 11.5 Å². The molecule has 3 aromatic heterocycles. The Labute approximate surface area is 177 Å². The number of benzene rings is 2. The number of methoxy groups -OCH3 is 1. The van der Waals surface area contributed by atoms with E-state index in [1.54, 1.807) is 32.5 Å². The van der Waals surface area contributed by atoms with Crippen LogP contribution in [-0.2, 0) is 11.3 Å². The van der Waals surface area contributed by atoms with E-state index >= 15 is 0 Å². The minimum atomic E-state index is -0.147. The van der Waals surface area contributed by atoms with Crippen LogP contribution in [0.4, 0.5) is 0 Å². The number of carbonyl (C=O) groups is 1. The lowest BCUT2D eigenvalue weighted by Gasteiger charge is -2.07. The van der Waals surface area contributed by atoms with E-state index in [-0.39, 0.29) is 5.91 Å². The third-order valence-corrected chi connectivity index (χ3v) is 5.28. The summed E-state index contributed by atoms with van der Waals surface area (Å²) in [5.74, 6) is 1.31. The van der Waals surface area contributed by atoms with Crippen molar-refractivity contribution in [2.75, 3.05) is 20.8 Å². The van der Waals surface area contributed by atoms with Gasteiger partial charge in [0.2, 0.25) is 0 Å². The quantitative estimate of drug-likeness (QED) is 0.395. The number of aromatic nitrogens is 6. The van der Waals surface area contributed by atoms with Crippen molar-refractivity contribution in [1.29, 1.82) is 0 Å². The van der Waals surface area contributed by atoms with Crippen LogP contribution >= 0.6 is 0 Å². The Morgan fingerprint density at radius 3 is 2.94 bits per heavy atom. The van der Waals surface area contributed by atoms with Gasteiger partial charge in [-0.3, -0.25) is 9.89 Å². The van der Waals surface area contributed by atoms with Gasteiger partial charge in [-0.1, -0.05) is 0 Å². The highest BCUT2D eigenvalue weighted by molar-refractivity contribution is 5.97. The SMILES string of the molecule is CNC(=O)c1ccc2c(c1)nc(-c1c[nH]c(-c3ccc4[nH]ncc4c3)n1)n2CCOC. The maximum absolute atomic E-state index is 12.0. The normalized spacial score (nSPS) is 11.4. The van der Waals surface area contributed by atoms with Gasteiger partial charge < -0.3 is 19.6 Å². The molecule has 0 unspecified atom stereocenters. The topological polar surface area (TPSA) is 114 Å². The van der Waals surface area contributed by atoms with Crippen molar-refractivity contribution < 1.29 is 9.53 Å². The first-order valence-corrected chi connectivity index (χ1v) is 9.88. The van der Waals surface area contributed by atoms with Gasteiger partial charge in [-0.2, -0.15) is 5.10 Å². The molecule has 0 aliphatic carbocycles. The van der Waals surface area contributed by atoms with E-state index in [2.05, 4.69) is 25.1 Å². The molecule has 5 aromatic rings. The largest absolute Gasteiger partial charge is 0.383 e. The molecule has 156 valence electrons. The molecule has 5 rings (SSSR count).